The second-order valence-corrected chi connectivity index (χ2v) is 8.52. The zero-order valence-electron chi connectivity index (χ0n) is 16.7. The molecule has 1 aromatic carbocycles. The van der Waals surface area contributed by atoms with Crippen LogP contribution < -0.4 is 5.32 Å². The summed E-state index contributed by atoms with van der Waals surface area (Å²) in [7, 11) is 0. The van der Waals surface area contributed by atoms with Crippen molar-refractivity contribution >= 4 is 17.7 Å². The molecule has 2 aliphatic rings. The van der Waals surface area contributed by atoms with Gasteiger partial charge in [-0.25, -0.2) is 0 Å². The Hall–Kier alpha value is -1.08. The highest BCUT2D eigenvalue weighted by atomic mass is 32.2. The van der Waals surface area contributed by atoms with Gasteiger partial charge in [-0.15, -0.1) is 11.8 Å². The minimum Gasteiger partial charge on any atom is -0.379 e. The van der Waals surface area contributed by atoms with E-state index in [2.05, 4.69) is 45.6 Å². The second-order valence-electron chi connectivity index (χ2n) is 7.64. The molecule has 6 heteroatoms. The van der Waals surface area contributed by atoms with Crippen LogP contribution in [0.1, 0.15) is 25.3 Å². The third-order valence-electron chi connectivity index (χ3n) is 5.79. The van der Waals surface area contributed by atoms with Gasteiger partial charge in [-0.1, -0.05) is 12.1 Å². The summed E-state index contributed by atoms with van der Waals surface area (Å²) in [5.74, 6) is 0.757. The molecule has 27 heavy (non-hydrogen) atoms. The number of morpholine rings is 1. The van der Waals surface area contributed by atoms with Crippen molar-refractivity contribution in [3.05, 3.63) is 29.8 Å². The molecule has 2 aliphatic heterocycles. The molecule has 0 radical (unpaired) electrons. The van der Waals surface area contributed by atoms with Gasteiger partial charge < -0.3 is 10.1 Å². The van der Waals surface area contributed by atoms with Crippen molar-refractivity contribution in [2.75, 3.05) is 52.2 Å². The van der Waals surface area contributed by atoms with Crippen LogP contribution >= 0.6 is 11.8 Å². The van der Waals surface area contributed by atoms with E-state index in [4.69, 9.17) is 4.74 Å². The van der Waals surface area contributed by atoms with Crippen molar-refractivity contribution < 1.29 is 9.53 Å². The fourth-order valence-electron chi connectivity index (χ4n) is 3.90. The van der Waals surface area contributed by atoms with E-state index in [1.165, 1.54) is 10.5 Å². The lowest BCUT2D eigenvalue weighted by Crippen LogP contribution is -2.50. The molecule has 1 atom stereocenters. The quantitative estimate of drug-likeness (QED) is 0.724. The van der Waals surface area contributed by atoms with E-state index < -0.39 is 0 Å². The number of carbonyl (C=O) groups is 1. The molecule has 0 bridgehead atoms. The minimum absolute atomic E-state index is 0.0577. The van der Waals surface area contributed by atoms with Gasteiger partial charge in [0.15, 0.2) is 0 Å². The monoisotopic (exact) mass is 391 g/mol. The molecule has 1 N–H and O–H groups in total. The van der Waals surface area contributed by atoms with E-state index in [9.17, 15) is 4.79 Å². The Morgan fingerprint density at radius 2 is 2.00 bits per heavy atom. The number of thioether (sulfide) groups is 1. The van der Waals surface area contributed by atoms with Gasteiger partial charge in [-0.3, -0.25) is 14.6 Å². The van der Waals surface area contributed by atoms with Crippen molar-refractivity contribution in [1.82, 2.24) is 15.1 Å². The lowest BCUT2D eigenvalue weighted by Gasteiger charge is -2.34. The van der Waals surface area contributed by atoms with Gasteiger partial charge in [0.05, 0.1) is 19.3 Å². The maximum Gasteiger partial charge on any atom is 0.237 e. The number of piperidine rings is 1. The Balaban J connectivity index is 1.37. The highest BCUT2D eigenvalue weighted by Crippen LogP contribution is 2.21. The number of benzene rings is 1. The Morgan fingerprint density at radius 3 is 2.70 bits per heavy atom. The van der Waals surface area contributed by atoms with Gasteiger partial charge in [-0.05, 0) is 62.7 Å². The number of rotatable bonds is 7. The summed E-state index contributed by atoms with van der Waals surface area (Å²) in [6.07, 6.45) is 4.45. The first-order valence-electron chi connectivity index (χ1n) is 10.1. The molecule has 0 aliphatic carbocycles. The predicted molar refractivity (Wildman–Crippen MR) is 111 cm³/mol. The second kappa shape index (κ2) is 10.5. The molecular formula is C21H33N3O2S. The van der Waals surface area contributed by atoms with E-state index >= 15 is 0 Å². The van der Waals surface area contributed by atoms with Crippen LogP contribution in [0.5, 0.6) is 0 Å². The van der Waals surface area contributed by atoms with Crippen molar-refractivity contribution in [2.24, 2.45) is 5.92 Å². The van der Waals surface area contributed by atoms with Gasteiger partial charge in [0.1, 0.15) is 0 Å². The first kappa shape index (κ1) is 20.6. The third kappa shape index (κ3) is 6.21. The van der Waals surface area contributed by atoms with Gasteiger partial charge in [0.2, 0.25) is 5.91 Å². The minimum atomic E-state index is -0.0577. The Kier molecular flexibility index (Phi) is 8.00. The number of likely N-dealkylation sites (tertiary alicyclic amines) is 1. The van der Waals surface area contributed by atoms with Crippen LogP contribution in [0.25, 0.3) is 0 Å². The van der Waals surface area contributed by atoms with E-state index in [-0.39, 0.29) is 11.9 Å². The Labute approximate surface area is 167 Å². The molecule has 2 saturated heterocycles. The van der Waals surface area contributed by atoms with E-state index in [0.717, 1.165) is 65.3 Å². The summed E-state index contributed by atoms with van der Waals surface area (Å²) in [6, 6.07) is 8.78. The van der Waals surface area contributed by atoms with Crippen LogP contribution in [-0.2, 0) is 16.1 Å². The Morgan fingerprint density at radius 1 is 1.26 bits per heavy atom. The summed E-state index contributed by atoms with van der Waals surface area (Å²) in [5, 5.41) is 3.19. The first-order chi connectivity index (χ1) is 13.2. The largest absolute Gasteiger partial charge is 0.379 e. The predicted octanol–water partition coefficient (Wildman–Crippen LogP) is 2.46. The smallest absolute Gasteiger partial charge is 0.237 e. The average molecular weight is 392 g/mol. The molecule has 1 unspecified atom stereocenters. The van der Waals surface area contributed by atoms with E-state index in [0.29, 0.717) is 5.92 Å². The fourth-order valence-corrected chi connectivity index (χ4v) is 4.38. The lowest BCUT2D eigenvalue weighted by atomic mass is 9.96. The number of amides is 1. The highest BCUT2D eigenvalue weighted by Gasteiger charge is 2.25. The SMILES string of the molecule is CSc1cccc(CN2CCC(CNC(=O)C(C)N3CCOCC3)CC2)c1. The number of hydrogen-bond donors (Lipinski definition) is 1. The summed E-state index contributed by atoms with van der Waals surface area (Å²) < 4.78 is 5.37. The van der Waals surface area contributed by atoms with Crippen LogP contribution in [0.2, 0.25) is 0 Å². The molecule has 1 aromatic rings. The molecule has 2 heterocycles. The zero-order chi connectivity index (χ0) is 19.1. The molecule has 5 nitrogen and oxygen atoms in total. The normalized spacial score (nSPS) is 21.1. The van der Waals surface area contributed by atoms with Crippen LogP contribution in [0, 0.1) is 5.92 Å². The fraction of sp³-hybridized carbons (Fsp3) is 0.667. The number of nitrogens with one attached hydrogen (secondary N) is 1. The summed E-state index contributed by atoms with van der Waals surface area (Å²) in [5.41, 5.74) is 1.40. The van der Waals surface area contributed by atoms with Gasteiger partial charge >= 0.3 is 0 Å². The van der Waals surface area contributed by atoms with E-state index in [1.54, 1.807) is 11.8 Å². The van der Waals surface area contributed by atoms with Gasteiger partial charge in [0.25, 0.3) is 0 Å². The molecule has 0 spiro atoms. The van der Waals surface area contributed by atoms with Crippen molar-refractivity contribution in [3.63, 3.8) is 0 Å². The van der Waals surface area contributed by atoms with E-state index in [1.807, 2.05) is 6.92 Å². The van der Waals surface area contributed by atoms with Crippen LogP contribution in [0.4, 0.5) is 0 Å². The molecule has 2 fully saturated rings. The highest BCUT2D eigenvalue weighted by molar-refractivity contribution is 7.98. The summed E-state index contributed by atoms with van der Waals surface area (Å²) in [4.78, 5) is 18.5. The third-order valence-corrected chi connectivity index (χ3v) is 6.51. The van der Waals surface area contributed by atoms with Crippen LogP contribution in [-0.4, -0.2) is 73.9 Å². The van der Waals surface area contributed by atoms with Crippen molar-refractivity contribution in [1.29, 1.82) is 0 Å². The number of ether oxygens (including phenoxy) is 1. The van der Waals surface area contributed by atoms with Gasteiger partial charge in [-0.2, -0.15) is 0 Å². The zero-order valence-corrected chi connectivity index (χ0v) is 17.5. The first-order valence-corrected chi connectivity index (χ1v) is 11.3. The topological polar surface area (TPSA) is 44.8 Å². The van der Waals surface area contributed by atoms with Crippen molar-refractivity contribution in [2.45, 2.75) is 37.2 Å². The standard InChI is InChI=1S/C21H33N3O2S/c1-17(24-10-12-26-13-11-24)21(25)22-15-18-6-8-23(9-7-18)16-19-4-3-5-20(14-19)27-2/h3-5,14,17-18H,6-13,15-16H2,1-2H3,(H,22,25). The lowest BCUT2D eigenvalue weighted by molar-refractivity contribution is -0.127. The summed E-state index contributed by atoms with van der Waals surface area (Å²) >= 11 is 1.80. The molecular weight excluding hydrogens is 358 g/mol. The van der Waals surface area contributed by atoms with Crippen LogP contribution in [0.15, 0.2) is 29.2 Å². The number of nitrogens with zero attached hydrogens (tertiary/aromatic N) is 2. The molecule has 1 amide bonds. The number of hydrogen-bond acceptors (Lipinski definition) is 5. The summed E-state index contributed by atoms with van der Waals surface area (Å²) in [6.45, 7) is 9.24. The van der Waals surface area contributed by atoms with Gasteiger partial charge in [0, 0.05) is 31.1 Å². The van der Waals surface area contributed by atoms with Crippen LogP contribution in [0.3, 0.4) is 0 Å². The molecule has 150 valence electrons. The Bertz CT molecular complexity index is 599. The molecule has 0 saturated carbocycles. The average Bonchev–Trinajstić information content (AvgIpc) is 2.73. The maximum atomic E-state index is 12.4. The molecule has 3 rings (SSSR count). The van der Waals surface area contributed by atoms with Crippen molar-refractivity contribution in [3.8, 4) is 0 Å². The maximum absolute atomic E-state index is 12.4. The number of carbonyl (C=O) groups excluding carboxylic acids is 1. The molecule has 0 aromatic heterocycles.